The van der Waals surface area contributed by atoms with Crippen molar-refractivity contribution in [2.45, 2.75) is 182 Å². The minimum Gasteiger partial charge on any atom is -0.488 e. The van der Waals surface area contributed by atoms with Crippen LogP contribution < -0.4 is 9.47 Å². The highest BCUT2D eigenvalue weighted by Crippen LogP contribution is 2.49. The normalized spacial score (nSPS) is 19.1. The van der Waals surface area contributed by atoms with Gasteiger partial charge in [-0.15, -0.1) is 0 Å². The molecule has 3 rings (SSSR count). The van der Waals surface area contributed by atoms with Crippen LogP contribution in [0.15, 0.2) is 48.0 Å². The second-order valence-corrected chi connectivity index (χ2v) is 29.8. The first kappa shape index (κ1) is 49.6. The Balaban J connectivity index is 2.05. The summed E-state index contributed by atoms with van der Waals surface area (Å²) in [6, 6.07) is 12.4. The van der Waals surface area contributed by atoms with E-state index in [0.29, 0.717) is 32.0 Å². The van der Waals surface area contributed by atoms with Gasteiger partial charge in [-0.2, -0.15) is 0 Å². The summed E-state index contributed by atoms with van der Waals surface area (Å²) in [5.74, 6) is 1.57. The molecule has 2 aromatic rings. The Morgan fingerprint density at radius 2 is 1.58 bits per heavy atom. The van der Waals surface area contributed by atoms with Crippen LogP contribution >= 0.6 is 22.6 Å². The van der Waals surface area contributed by atoms with E-state index in [1.807, 2.05) is 31.2 Å². The van der Waals surface area contributed by atoms with Crippen LogP contribution in [-0.4, -0.2) is 64.8 Å². The molecule has 0 saturated carbocycles. The number of ether oxygens (including phenoxy) is 4. The maximum Gasteiger partial charge on any atom is 0.343 e. The first-order valence-electron chi connectivity index (χ1n) is 21.1. The number of carbonyl (C=O) groups is 1. The van der Waals surface area contributed by atoms with E-state index in [2.05, 4.69) is 129 Å². The number of hydrogen-bond donors (Lipinski definition) is 1. The monoisotopic (exact) mass is 938 g/mol. The molecule has 1 saturated heterocycles. The number of rotatable bonds is 22. The fourth-order valence-electron chi connectivity index (χ4n) is 6.53. The Morgan fingerprint density at radius 1 is 0.947 bits per heavy atom. The molecule has 57 heavy (non-hydrogen) atoms. The largest absolute Gasteiger partial charge is 0.488 e. The fraction of sp³-hybridized carbons (Fsp3) is 0.674. The lowest BCUT2D eigenvalue weighted by Crippen LogP contribution is -2.53. The van der Waals surface area contributed by atoms with Gasteiger partial charge in [-0.1, -0.05) is 106 Å². The molecule has 1 aliphatic rings. The van der Waals surface area contributed by atoms with Gasteiger partial charge in [0.1, 0.15) is 30.8 Å². The predicted octanol–water partition coefficient (Wildman–Crippen LogP) is 11.9. The first-order valence-corrected chi connectivity index (χ1v) is 28.0. The van der Waals surface area contributed by atoms with Gasteiger partial charge in [-0.25, -0.2) is 4.79 Å². The van der Waals surface area contributed by atoms with Gasteiger partial charge in [-0.3, -0.25) is 0 Å². The van der Waals surface area contributed by atoms with Crippen LogP contribution in [0, 0.1) is 9.49 Å². The zero-order chi connectivity index (χ0) is 43.0. The summed E-state index contributed by atoms with van der Waals surface area (Å²) in [5.41, 5.74) is 2.76. The molecule has 1 fully saturated rings. The van der Waals surface area contributed by atoms with Crippen molar-refractivity contribution < 1.29 is 37.7 Å². The molecule has 0 amide bonds. The molecule has 2 unspecified atom stereocenters. The van der Waals surface area contributed by atoms with Crippen LogP contribution in [0.5, 0.6) is 11.5 Å². The number of aliphatic hydroxyl groups excluding tert-OH is 1. The van der Waals surface area contributed by atoms with Crippen molar-refractivity contribution in [2.75, 3.05) is 13.2 Å². The number of epoxide rings is 1. The Labute approximate surface area is 361 Å². The van der Waals surface area contributed by atoms with E-state index in [1.165, 1.54) is 0 Å². The van der Waals surface area contributed by atoms with Gasteiger partial charge in [0.15, 0.2) is 16.6 Å². The van der Waals surface area contributed by atoms with Gasteiger partial charge >= 0.3 is 5.97 Å². The van der Waals surface area contributed by atoms with Crippen molar-refractivity contribution in [1.82, 2.24) is 0 Å². The van der Waals surface area contributed by atoms with E-state index in [4.69, 9.17) is 27.8 Å². The molecule has 0 aromatic heterocycles. The average Bonchev–Trinajstić information content (AvgIpc) is 3.86. The van der Waals surface area contributed by atoms with Crippen LogP contribution in [-0.2, 0) is 42.8 Å². The molecule has 8 nitrogen and oxygen atoms in total. The average molecular weight is 939 g/mol. The van der Waals surface area contributed by atoms with Crippen LogP contribution in [0.25, 0.3) is 0 Å². The first-order chi connectivity index (χ1) is 26.4. The molecule has 1 N–H and O–H groups in total. The summed E-state index contributed by atoms with van der Waals surface area (Å²) in [6.07, 6.45) is 3.33. The van der Waals surface area contributed by atoms with E-state index >= 15 is 0 Å². The van der Waals surface area contributed by atoms with Crippen molar-refractivity contribution in [2.24, 2.45) is 5.92 Å². The third kappa shape index (κ3) is 12.9. The van der Waals surface area contributed by atoms with Gasteiger partial charge in [0.25, 0.3) is 0 Å². The Hall–Kier alpha value is -1.75. The van der Waals surface area contributed by atoms with Crippen molar-refractivity contribution in [3.8, 4) is 11.5 Å². The summed E-state index contributed by atoms with van der Waals surface area (Å²) in [7, 11) is -4.55. The smallest absolute Gasteiger partial charge is 0.343 e. The molecule has 0 bridgehead atoms. The minimum absolute atomic E-state index is 0.0242. The molecule has 11 heteroatoms. The highest BCUT2D eigenvalue weighted by molar-refractivity contribution is 14.1. The summed E-state index contributed by atoms with van der Waals surface area (Å²) in [4.78, 5) is 13.6. The third-order valence-corrected chi connectivity index (χ3v) is 21.8. The molecule has 0 spiro atoms. The SMILES string of the molecule is CCC/C(=C\COc1c(I)cc(CC(C)C)c(OCc2ccccc2)c1CO[Si](C)(C)C(C)(C)C)C(O)C[C@@H](O[Si](C)(C)C(C)(C)C)C1(C(=O)OCC)O[C@@H]1CC. The summed E-state index contributed by atoms with van der Waals surface area (Å²) < 4.78 is 40.1. The molecule has 0 aliphatic carbocycles. The molecular formula is C46H75IO8Si2. The van der Waals surface area contributed by atoms with Crippen LogP contribution in [0.4, 0.5) is 0 Å². The maximum atomic E-state index is 13.6. The van der Waals surface area contributed by atoms with Crippen molar-refractivity contribution >= 4 is 45.2 Å². The molecular weight excluding hydrogens is 864 g/mol. The molecule has 1 heterocycles. The van der Waals surface area contributed by atoms with Gasteiger partial charge in [0.05, 0.1) is 34.6 Å². The van der Waals surface area contributed by atoms with Crippen LogP contribution in [0.2, 0.25) is 36.3 Å². The highest BCUT2D eigenvalue weighted by Gasteiger charge is 2.69. The van der Waals surface area contributed by atoms with E-state index in [0.717, 1.165) is 50.2 Å². The molecule has 0 radical (unpaired) electrons. The molecule has 4 atom stereocenters. The van der Waals surface area contributed by atoms with Crippen LogP contribution in [0.1, 0.15) is 119 Å². The van der Waals surface area contributed by atoms with E-state index < -0.39 is 40.4 Å². The maximum absolute atomic E-state index is 13.6. The van der Waals surface area contributed by atoms with Crippen molar-refractivity contribution in [3.63, 3.8) is 0 Å². The number of aliphatic hydroxyl groups is 1. The minimum atomic E-state index is -2.40. The second-order valence-electron chi connectivity index (χ2n) is 19.1. The van der Waals surface area contributed by atoms with Crippen molar-refractivity contribution in [1.29, 1.82) is 0 Å². The second kappa shape index (κ2) is 20.7. The van der Waals surface area contributed by atoms with Gasteiger partial charge < -0.3 is 32.9 Å². The van der Waals surface area contributed by atoms with E-state index in [1.54, 1.807) is 6.92 Å². The lowest BCUT2D eigenvalue weighted by atomic mass is 9.89. The Morgan fingerprint density at radius 3 is 2.11 bits per heavy atom. The standard InChI is InChI=1S/C46H75IO8Si2/c1-16-22-34(38(48)29-40(55-57(14,15)45(9,10)11)46(39(17-2)54-46)43(49)50-18-3)25-26-51-42-36(31-53-56(12,13)44(6,7)8)41(35(27-32(4)5)28-37(42)47)52-30-33-23-20-19-21-24-33/h19-21,23-25,28,32,38-40,48H,16-18,22,26-27,29-31H2,1-15H3/b34-25+/t38?,39-,40-,46?/m1/s1. The fourth-order valence-corrected chi connectivity index (χ4v) is 9.66. The van der Waals surface area contributed by atoms with Crippen LogP contribution in [0.3, 0.4) is 0 Å². The Bertz CT molecular complexity index is 1630. The quantitative estimate of drug-likeness (QED) is 0.0410. The van der Waals surface area contributed by atoms with Gasteiger partial charge in [0.2, 0.25) is 5.60 Å². The van der Waals surface area contributed by atoms with Gasteiger partial charge in [0, 0.05) is 6.42 Å². The number of carbonyl (C=O) groups excluding carboxylic acids is 1. The summed E-state index contributed by atoms with van der Waals surface area (Å²) in [6.45, 7) is 33.8. The molecule has 2 aromatic carbocycles. The summed E-state index contributed by atoms with van der Waals surface area (Å²) in [5, 5.41) is 11.9. The highest BCUT2D eigenvalue weighted by atomic mass is 127. The lowest BCUT2D eigenvalue weighted by molar-refractivity contribution is -0.154. The third-order valence-electron chi connectivity index (χ3n) is 12.0. The van der Waals surface area contributed by atoms with E-state index in [9.17, 15) is 9.90 Å². The number of hydrogen-bond acceptors (Lipinski definition) is 8. The lowest BCUT2D eigenvalue weighted by Gasteiger charge is -2.41. The zero-order valence-corrected chi connectivity index (χ0v) is 42.1. The van der Waals surface area contributed by atoms with E-state index in [-0.39, 0.29) is 35.8 Å². The molecule has 322 valence electrons. The number of esters is 1. The number of halogens is 1. The van der Waals surface area contributed by atoms with Gasteiger partial charge in [-0.05, 0) is 120 Å². The predicted molar refractivity (Wildman–Crippen MR) is 246 cm³/mol. The number of benzene rings is 2. The van der Waals surface area contributed by atoms with Crippen molar-refractivity contribution in [3.05, 3.63) is 68.3 Å². The zero-order valence-electron chi connectivity index (χ0n) is 37.9. The summed E-state index contributed by atoms with van der Waals surface area (Å²) >= 11 is 2.38. The topological polar surface area (TPSA) is 96.0 Å². The molecule has 1 aliphatic heterocycles. The Kier molecular flexibility index (Phi) is 18.0.